The molecule has 0 aliphatic carbocycles. The van der Waals surface area contributed by atoms with Gasteiger partial charge in [0.15, 0.2) is 0 Å². The average Bonchev–Trinajstić information content (AvgIpc) is 2.26. The zero-order valence-corrected chi connectivity index (χ0v) is 9.77. The summed E-state index contributed by atoms with van der Waals surface area (Å²) >= 11 is 3.40. The van der Waals surface area contributed by atoms with Crippen LogP contribution in [0, 0.1) is 0 Å². The van der Waals surface area contributed by atoms with Gasteiger partial charge in [-0.1, -0.05) is 15.9 Å². The van der Waals surface area contributed by atoms with Crippen LogP contribution in [0.5, 0.6) is 5.75 Å². The number of benzene rings is 2. The average molecular weight is 275 g/mol. The molecule has 16 heavy (non-hydrogen) atoms. The molecule has 2 aromatic carbocycles. The molecule has 4 heteroatoms. The fourth-order valence-corrected chi connectivity index (χ4v) is 1.99. The van der Waals surface area contributed by atoms with Crippen LogP contribution in [0.2, 0.25) is 0 Å². The molecule has 0 aliphatic heterocycles. The van der Waals surface area contributed by atoms with E-state index in [1.807, 2.05) is 18.2 Å². The highest BCUT2D eigenvalue weighted by Gasteiger charge is 2.02. The van der Waals surface area contributed by atoms with Crippen molar-refractivity contribution >= 4 is 38.0 Å². The van der Waals surface area contributed by atoms with Crippen LogP contribution in [0.1, 0.15) is 0 Å². The van der Waals surface area contributed by atoms with Crippen LogP contribution in [-0.2, 0) is 0 Å². The van der Waals surface area contributed by atoms with E-state index in [0.29, 0.717) is 5.52 Å². The van der Waals surface area contributed by atoms with E-state index in [2.05, 4.69) is 25.9 Å². The van der Waals surface area contributed by atoms with Gasteiger partial charge in [0.05, 0.1) is 22.1 Å². The monoisotopic (exact) mass is 274 g/mol. The Hall–Kier alpha value is -1.68. The lowest BCUT2D eigenvalue weighted by molar-refractivity contribution is 0.476. The molecule has 0 unspecified atom stereocenters. The maximum atomic E-state index is 9.37. The minimum Gasteiger partial charge on any atom is -0.508 e. The molecule has 1 aromatic heterocycles. The van der Waals surface area contributed by atoms with E-state index < -0.39 is 0 Å². The molecule has 0 saturated carbocycles. The van der Waals surface area contributed by atoms with Gasteiger partial charge < -0.3 is 5.11 Å². The van der Waals surface area contributed by atoms with Gasteiger partial charge in [-0.25, -0.2) is 9.97 Å². The van der Waals surface area contributed by atoms with Crippen LogP contribution in [0.25, 0.3) is 22.1 Å². The fraction of sp³-hybridized carbons (Fsp3) is 0. The summed E-state index contributed by atoms with van der Waals surface area (Å²) in [4.78, 5) is 8.91. The molecule has 0 spiro atoms. The van der Waals surface area contributed by atoms with E-state index >= 15 is 0 Å². The Morgan fingerprint density at radius 1 is 0.812 bits per heavy atom. The second kappa shape index (κ2) is 3.42. The highest BCUT2D eigenvalue weighted by molar-refractivity contribution is 9.10. The fourth-order valence-electron chi connectivity index (χ4n) is 1.64. The summed E-state index contributed by atoms with van der Waals surface area (Å²) in [6.07, 6.45) is 0. The van der Waals surface area contributed by atoms with Crippen LogP contribution >= 0.6 is 15.9 Å². The van der Waals surface area contributed by atoms with Gasteiger partial charge in [0, 0.05) is 10.5 Å². The number of aromatic nitrogens is 2. The lowest BCUT2D eigenvalue weighted by Gasteiger charge is -2.01. The Kier molecular flexibility index (Phi) is 2.04. The minimum atomic E-state index is 0.207. The minimum absolute atomic E-state index is 0.207. The Labute approximate surface area is 99.9 Å². The third-order valence-corrected chi connectivity index (χ3v) is 2.87. The van der Waals surface area contributed by atoms with Crippen molar-refractivity contribution in [1.29, 1.82) is 0 Å². The summed E-state index contributed by atoms with van der Waals surface area (Å²) in [6.45, 7) is 0. The first kappa shape index (κ1) is 9.54. The summed E-state index contributed by atoms with van der Waals surface area (Å²) in [6, 6.07) is 10.7. The number of halogens is 1. The molecule has 78 valence electrons. The van der Waals surface area contributed by atoms with E-state index in [4.69, 9.17) is 0 Å². The quantitative estimate of drug-likeness (QED) is 0.640. The summed E-state index contributed by atoms with van der Waals surface area (Å²) in [5.41, 5.74) is 3.15. The molecule has 0 atom stereocenters. The zero-order chi connectivity index (χ0) is 11.1. The van der Waals surface area contributed by atoms with E-state index in [-0.39, 0.29) is 5.75 Å². The first-order valence-corrected chi connectivity index (χ1v) is 5.58. The van der Waals surface area contributed by atoms with E-state index in [0.717, 1.165) is 21.0 Å². The molecule has 3 nitrogen and oxygen atoms in total. The molecular weight excluding hydrogens is 268 g/mol. The summed E-state index contributed by atoms with van der Waals surface area (Å²) in [5, 5.41) is 9.37. The molecule has 3 rings (SSSR count). The third kappa shape index (κ3) is 1.51. The van der Waals surface area contributed by atoms with Gasteiger partial charge in [-0.15, -0.1) is 0 Å². The SMILES string of the molecule is Oc1ccc2nc3cc(Br)ccc3nc2c1. The molecular formula is C12H7BrN2O. The Morgan fingerprint density at radius 2 is 1.44 bits per heavy atom. The number of rotatable bonds is 0. The Morgan fingerprint density at radius 3 is 2.19 bits per heavy atom. The van der Waals surface area contributed by atoms with Crippen LogP contribution in [0.15, 0.2) is 40.9 Å². The summed E-state index contributed by atoms with van der Waals surface area (Å²) < 4.78 is 0.979. The van der Waals surface area contributed by atoms with Crippen molar-refractivity contribution in [2.24, 2.45) is 0 Å². The second-order valence-corrected chi connectivity index (χ2v) is 4.45. The zero-order valence-electron chi connectivity index (χ0n) is 8.18. The van der Waals surface area contributed by atoms with Gasteiger partial charge >= 0.3 is 0 Å². The molecule has 0 fully saturated rings. The molecule has 0 radical (unpaired) electrons. The third-order valence-electron chi connectivity index (χ3n) is 2.38. The van der Waals surface area contributed by atoms with Crippen molar-refractivity contribution in [2.45, 2.75) is 0 Å². The van der Waals surface area contributed by atoms with Crippen LogP contribution in [-0.4, -0.2) is 15.1 Å². The van der Waals surface area contributed by atoms with Crippen molar-refractivity contribution in [3.05, 3.63) is 40.9 Å². The smallest absolute Gasteiger partial charge is 0.117 e. The number of nitrogens with zero attached hydrogens (tertiary/aromatic N) is 2. The molecule has 1 N–H and O–H groups in total. The number of phenols is 1. The van der Waals surface area contributed by atoms with Gasteiger partial charge in [-0.2, -0.15) is 0 Å². The van der Waals surface area contributed by atoms with Gasteiger partial charge in [0.1, 0.15) is 5.75 Å². The summed E-state index contributed by atoms with van der Waals surface area (Å²) in [7, 11) is 0. The molecule has 3 aromatic rings. The number of fused-ring (bicyclic) bond motifs is 2. The largest absolute Gasteiger partial charge is 0.508 e. The summed E-state index contributed by atoms with van der Waals surface area (Å²) in [5.74, 6) is 0.207. The van der Waals surface area contributed by atoms with Crippen molar-refractivity contribution in [1.82, 2.24) is 9.97 Å². The van der Waals surface area contributed by atoms with Crippen molar-refractivity contribution < 1.29 is 5.11 Å². The Bertz CT molecular complexity index is 635. The molecule has 0 saturated heterocycles. The molecule has 1 heterocycles. The highest BCUT2D eigenvalue weighted by Crippen LogP contribution is 2.22. The Balaban J connectivity index is 2.44. The lowest BCUT2D eigenvalue weighted by atomic mass is 10.2. The maximum absolute atomic E-state index is 9.37. The molecule has 0 amide bonds. The molecule has 0 bridgehead atoms. The van der Waals surface area contributed by atoms with Crippen LogP contribution in [0.3, 0.4) is 0 Å². The number of aromatic hydroxyl groups is 1. The predicted octanol–water partition coefficient (Wildman–Crippen LogP) is 3.25. The highest BCUT2D eigenvalue weighted by atomic mass is 79.9. The standard InChI is InChI=1S/C12H7BrN2O/c13-7-1-3-9-11(5-7)14-10-4-2-8(16)6-12(10)15-9/h1-6,16H. The topological polar surface area (TPSA) is 46.0 Å². The van der Waals surface area contributed by atoms with Crippen LogP contribution in [0.4, 0.5) is 0 Å². The van der Waals surface area contributed by atoms with Crippen molar-refractivity contribution in [3.63, 3.8) is 0 Å². The van der Waals surface area contributed by atoms with E-state index in [1.165, 1.54) is 0 Å². The first-order chi connectivity index (χ1) is 7.72. The van der Waals surface area contributed by atoms with E-state index in [9.17, 15) is 5.11 Å². The number of hydrogen-bond donors (Lipinski definition) is 1. The number of phenolic OH excluding ortho intramolecular Hbond substituents is 1. The van der Waals surface area contributed by atoms with Gasteiger partial charge in [0.25, 0.3) is 0 Å². The van der Waals surface area contributed by atoms with Gasteiger partial charge in [-0.3, -0.25) is 0 Å². The second-order valence-electron chi connectivity index (χ2n) is 3.53. The van der Waals surface area contributed by atoms with Crippen molar-refractivity contribution in [3.8, 4) is 5.75 Å². The van der Waals surface area contributed by atoms with Gasteiger partial charge in [-0.05, 0) is 30.3 Å². The lowest BCUT2D eigenvalue weighted by Crippen LogP contribution is -1.86. The normalized spacial score (nSPS) is 11.1. The van der Waals surface area contributed by atoms with Crippen molar-refractivity contribution in [2.75, 3.05) is 0 Å². The number of hydrogen-bond acceptors (Lipinski definition) is 3. The predicted molar refractivity (Wildman–Crippen MR) is 66.4 cm³/mol. The van der Waals surface area contributed by atoms with Gasteiger partial charge in [0.2, 0.25) is 0 Å². The maximum Gasteiger partial charge on any atom is 0.117 e. The van der Waals surface area contributed by atoms with E-state index in [1.54, 1.807) is 18.2 Å². The van der Waals surface area contributed by atoms with Crippen LogP contribution < -0.4 is 0 Å². The molecule has 0 aliphatic rings. The first-order valence-electron chi connectivity index (χ1n) is 4.78.